The summed E-state index contributed by atoms with van der Waals surface area (Å²) in [6.07, 6.45) is 1.61. The lowest BCUT2D eigenvalue weighted by molar-refractivity contribution is 0.0991. The summed E-state index contributed by atoms with van der Waals surface area (Å²) in [5.41, 5.74) is 1.66. The SMILES string of the molecule is CN(C(=O)c1ccccc1)c1nc(Cl)c2ncn(C)c2n1. The number of fused-ring (bicyclic) bond motifs is 1. The number of aromatic nitrogens is 4. The number of rotatable bonds is 2. The first-order valence-electron chi connectivity index (χ1n) is 6.25. The van der Waals surface area contributed by atoms with E-state index < -0.39 is 0 Å². The van der Waals surface area contributed by atoms with E-state index in [1.54, 1.807) is 42.2 Å². The fourth-order valence-electron chi connectivity index (χ4n) is 1.98. The molecule has 0 atom stereocenters. The summed E-state index contributed by atoms with van der Waals surface area (Å²) in [7, 11) is 3.42. The van der Waals surface area contributed by atoms with E-state index in [1.807, 2.05) is 13.1 Å². The van der Waals surface area contributed by atoms with E-state index in [9.17, 15) is 4.79 Å². The van der Waals surface area contributed by atoms with E-state index in [4.69, 9.17) is 11.6 Å². The molecular weight excluding hydrogens is 290 g/mol. The molecule has 0 bridgehead atoms. The molecule has 1 amide bonds. The number of imidazole rings is 1. The molecule has 7 heteroatoms. The van der Waals surface area contributed by atoms with Crippen LogP contribution in [0.5, 0.6) is 0 Å². The van der Waals surface area contributed by atoms with Gasteiger partial charge in [-0.2, -0.15) is 9.97 Å². The van der Waals surface area contributed by atoms with Crippen molar-refractivity contribution < 1.29 is 4.79 Å². The Hall–Kier alpha value is -2.47. The van der Waals surface area contributed by atoms with Gasteiger partial charge in [0.1, 0.15) is 5.52 Å². The molecule has 2 heterocycles. The number of anilines is 1. The summed E-state index contributed by atoms with van der Waals surface area (Å²) in [5.74, 6) is 0.0399. The first-order valence-corrected chi connectivity index (χ1v) is 6.63. The molecular formula is C14H12ClN5O. The van der Waals surface area contributed by atoms with Gasteiger partial charge in [-0.3, -0.25) is 9.69 Å². The summed E-state index contributed by atoms with van der Waals surface area (Å²) in [4.78, 5) is 26.4. The highest BCUT2D eigenvalue weighted by atomic mass is 35.5. The van der Waals surface area contributed by atoms with Crippen LogP contribution in [0.2, 0.25) is 5.15 Å². The number of hydrogen-bond donors (Lipinski definition) is 0. The van der Waals surface area contributed by atoms with Crippen molar-refractivity contribution in [1.82, 2.24) is 19.5 Å². The lowest BCUT2D eigenvalue weighted by Crippen LogP contribution is -2.28. The molecule has 21 heavy (non-hydrogen) atoms. The fourth-order valence-corrected chi connectivity index (χ4v) is 2.19. The van der Waals surface area contributed by atoms with Gasteiger partial charge < -0.3 is 4.57 Å². The van der Waals surface area contributed by atoms with Gasteiger partial charge >= 0.3 is 0 Å². The van der Waals surface area contributed by atoms with E-state index in [0.717, 1.165) is 0 Å². The normalized spacial score (nSPS) is 10.8. The smallest absolute Gasteiger partial charge is 0.260 e. The maximum atomic E-state index is 12.4. The molecule has 6 nitrogen and oxygen atoms in total. The van der Waals surface area contributed by atoms with Crippen LogP contribution in [0.3, 0.4) is 0 Å². The second-order valence-corrected chi connectivity index (χ2v) is 4.93. The van der Waals surface area contributed by atoms with Crippen LogP contribution in [0, 0.1) is 0 Å². The van der Waals surface area contributed by atoms with E-state index in [1.165, 1.54) is 4.90 Å². The van der Waals surface area contributed by atoms with Crippen LogP contribution in [0.4, 0.5) is 5.95 Å². The molecule has 106 valence electrons. The average Bonchev–Trinajstić information content (AvgIpc) is 2.89. The van der Waals surface area contributed by atoms with Crippen molar-refractivity contribution in [1.29, 1.82) is 0 Å². The Morgan fingerprint density at radius 2 is 1.95 bits per heavy atom. The lowest BCUT2D eigenvalue weighted by atomic mass is 10.2. The first kappa shape index (κ1) is 13.5. The van der Waals surface area contributed by atoms with Crippen LogP contribution in [0.15, 0.2) is 36.7 Å². The standard InChI is InChI=1S/C14H12ClN5O/c1-19-8-16-10-11(15)17-14(18-12(10)19)20(2)13(21)9-6-4-3-5-7-9/h3-8H,1-2H3. The molecule has 0 radical (unpaired) electrons. The molecule has 0 aliphatic heterocycles. The minimum atomic E-state index is -0.201. The van der Waals surface area contributed by atoms with Crippen molar-refractivity contribution in [2.75, 3.05) is 11.9 Å². The van der Waals surface area contributed by atoms with Crippen LogP contribution in [-0.4, -0.2) is 32.5 Å². The van der Waals surface area contributed by atoms with Gasteiger partial charge in [-0.25, -0.2) is 4.98 Å². The number of hydrogen-bond acceptors (Lipinski definition) is 4. The molecule has 0 aliphatic rings. The van der Waals surface area contributed by atoms with Gasteiger partial charge in [0, 0.05) is 19.7 Å². The quantitative estimate of drug-likeness (QED) is 0.681. The summed E-state index contributed by atoms with van der Waals surface area (Å²) in [5, 5.41) is 0.225. The van der Waals surface area contributed by atoms with Gasteiger partial charge in [0.05, 0.1) is 6.33 Å². The molecule has 0 unspecified atom stereocenters. The number of halogens is 1. The maximum absolute atomic E-state index is 12.4. The Morgan fingerprint density at radius 1 is 1.24 bits per heavy atom. The lowest BCUT2D eigenvalue weighted by Gasteiger charge is -2.15. The van der Waals surface area contributed by atoms with Crippen LogP contribution in [0.1, 0.15) is 10.4 Å². The zero-order chi connectivity index (χ0) is 15.0. The van der Waals surface area contributed by atoms with Crippen molar-refractivity contribution in [3.05, 3.63) is 47.4 Å². The Kier molecular flexibility index (Phi) is 3.31. The summed E-state index contributed by atoms with van der Waals surface area (Å²) in [6.45, 7) is 0. The third-order valence-corrected chi connectivity index (χ3v) is 3.39. The Bertz CT molecular complexity index is 815. The van der Waals surface area contributed by atoms with Crippen LogP contribution < -0.4 is 4.90 Å². The number of amides is 1. The third kappa shape index (κ3) is 2.34. The van der Waals surface area contributed by atoms with Crippen molar-refractivity contribution in [2.24, 2.45) is 7.05 Å². The summed E-state index contributed by atoms with van der Waals surface area (Å²) >= 11 is 6.11. The number of benzene rings is 1. The van der Waals surface area contributed by atoms with Crippen molar-refractivity contribution in [3.8, 4) is 0 Å². The zero-order valence-electron chi connectivity index (χ0n) is 11.5. The van der Waals surface area contributed by atoms with E-state index in [-0.39, 0.29) is 17.0 Å². The van der Waals surface area contributed by atoms with Crippen molar-refractivity contribution >= 4 is 34.6 Å². The molecule has 3 aromatic rings. The molecule has 1 aromatic carbocycles. The zero-order valence-corrected chi connectivity index (χ0v) is 12.2. The average molecular weight is 302 g/mol. The fraction of sp³-hybridized carbons (Fsp3) is 0.143. The highest BCUT2D eigenvalue weighted by Crippen LogP contribution is 2.22. The Balaban J connectivity index is 2.03. The third-order valence-electron chi connectivity index (χ3n) is 3.13. The second-order valence-electron chi connectivity index (χ2n) is 4.57. The van der Waals surface area contributed by atoms with Gasteiger partial charge in [-0.15, -0.1) is 0 Å². The van der Waals surface area contributed by atoms with E-state index in [0.29, 0.717) is 16.7 Å². The van der Waals surface area contributed by atoms with Gasteiger partial charge in [-0.05, 0) is 12.1 Å². The number of aryl methyl sites for hydroxylation is 1. The monoisotopic (exact) mass is 301 g/mol. The highest BCUT2D eigenvalue weighted by Gasteiger charge is 2.18. The number of carbonyl (C=O) groups excluding carboxylic acids is 1. The van der Waals surface area contributed by atoms with Gasteiger partial charge in [0.25, 0.3) is 5.91 Å². The molecule has 2 aromatic heterocycles. The molecule has 0 saturated heterocycles. The first-order chi connectivity index (χ1) is 10.1. The molecule has 0 fully saturated rings. The summed E-state index contributed by atoms with van der Waals surface area (Å²) in [6, 6.07) is 8.94. The molecule has 0 saturated carbocycles. The van der Waals surface area contributed by atoms with E-state index in [2.05, 4.69) is 15.0 Å². The largest absolute Gasteiger partial charge is 0.318 e. The summed E-state index contributed by atoms with van der Waals surface area (Å²) < 4.78 is 1.73. The minimum absolute atomic E-state index is 0.201. The van der Waals surface area contributed by atoms with Crippen LogP contribution in [0.25, 0.3) is 11.2 Å². The minimum Gasteiger partial charge on any atom is -0.318 e. The molecule has 0 aliphatic carbocycles. The topological polar surface area (TPSA) is 63.9 Å². The second kappa shape index (κ2) is 5.14. The highest BCUT2D eigenvalue weighted by molar-refractivity contribution is 6.33. The number of carbonyl (C=O) groups is 1. The van der Waals surface area contributed by atoms with Crippen molar-refractivity contribution in [2.45, 2.75) is 0 Å². The van der Waals surface area contributed by atoms with Crippen molar-refractivity contribution in [3.63, 3.8) is 0 Å². The number of nitrogens with zero attached hydrogens (tertiary/aromatic N) is 5. The maximum Gasteiger partial charge on any atom is 0.260 e. The van der Waals surface area contributed by atoms with Gasteiger partial charge in [0.2, 0.25) is 5.95 Å². The Labute approximate surface area is 126 Å². The van der Waals surface area contributed by atoms with Crippen LogP contribution >= 0.6 is 11.6 Å². The molecule has 0 N–H and O–H groups in total. The molecule has 3 rings (SSSR count). The predicted octanol–water partition coefficient (Wildman–Crippen LogP) is 2.29. The predicted molar refractivity (Wildman–Crippen MR) is 80.5 cm³/mol. The Morgan fingerprint density at radius 3 is 2.67 bits per heavy atom. The van der Waals surface area contributed by atoms with E-state index >= 15 is 0 Å². The van der Waals surface area contributed by atoms with Gasteiger partial charge in [-0.1, -0.05) is 29.8 Å². The van der Waals surface area contributed by atoms with Crippen LogP contribution in [-0.2, 0) is 7.05 Å². The molecule has 0 spiro atoms. The van der Waals surface area contributed by atoms with Gasteiger partial charge in [0.15, 0.2) is 10.8 Å².